The number of nitrogens with one attached hydrogen (secondary N) is 1. The van der Waals surface area contributed by atoms with Crippen LogP contribution in [0.2, 0.25) is 0 Å². The Morgan fingerprint density at radius 1 is 1.00 bits per heavy atom. The zero-order valence-electron chi connectivity index (χ0n) is 18.0. The number of aryl methyl sites for hydroxylation is 1. The molecule has 0 aromatic heterocycles. The van der Waals surface area contributed by atoms with Crippen molar-refractivity contribution in [1.82, 2.24) is 15.1 Å². The monoisotopic (exact) mass is 423 g/mol. The van der Waals surface area contributed by atoms with E-state index < -0.39 is 0 Å². The van der Waals surface area contributed by atoms with E-state index in [9.17, 15) is 14.0 Å². The van der Waals surface area contributed by atoms with Gasteiger partial charge in [-0.1, -0.05) is 42.0 Å². The molecule has 2 aliphatic heterocycles. The Morgan fingerprint density at radius 3 is 2.29 bits per heavy atom. The molecule has 1 N–H and O–H groups in total. The number of carbonyl (C=O) groups excluding carboxylic acids is 2. The lowest BCUT2D eigenvalue weighted by Gasteiger charge is -2.32. The van der Waals surface area contributed by atoms with Crippen LogP contribution in [0.4, 0.5) is 4.39 Å². The first-order chi connectivity index (χ1) is 15.0. The summed E-state index contributed by atoms with van der Waals surface area (Å²) in [4.78, 5) is 29.3. The summed E-state index contributed by atoms with van der Waals surface area (Å²) in [6.45, 7) is 5.67. The summed E-state index contributed by atoms with van der Waals surface area (Å²) in [5.74, 6) is -0.435. The standard InChI is InChI=1S/C25H30FN3O2/c1-18-2-4-20(5-3-18)16-29-17-21(14-24(29)30)25(31)27-23-10-12-28(13-11-23)15-19-6-8-22(26)9-7-19/h2-9,21,23H,10-17H2,1H3,(H,27,31). The zero-order chi connectivity index (χ0) is 21.8. The molecule has 2 amide bonds. The van der Waals surface area contributed by atoms with Crippen LogP contribution in [0.1, 0.15) is 36.0 Å². The van der Waals surface area contributed by atoms with E-state index in [1.807, 2.05) is 43.3 Å². The molecule has 4 rings (SSSR count). The normalized spacial score (nSPS) is 20.3. The molecular weight excluding hydrogens is 393 g/mol. The second kappa shape index (κ2) is 9.60. The maximum Gasteiger partial charge on any atom is 0.225 e. The average molecular weight is 424 g/mol. The third kappa shape index (κ3) is 5.70. The van der Waals surface area contributed by atoms with E-state index in [0.717, 1.165) is 43.6 Å². The number of amides is 2. The molecule has 164 valence electrons. The van der Waals surface area contributed by atoms with Crippen LogP contribution in [-0.2, 0) is 22.7 Å². The molecule has 2 aromatic rings. The summed E-state index contributed by atoms with van der Waals surface area (Å²) in [6, 6.07) is 14.9. The van der Waals surface area contributed by atoms with Crippen molar-refractivity contribution in [2.24, 2.45) is 5.92 Å². The van der Waals surface area contributed by atoms with E-state index in [2.05, 4.69) is 10.2 Å². The maximum absolute atomic E-state index is 13.1. The SMILES string of the molecule is Cc1ccc(CN2CC(C(=O)NC3CCN(Cc4ccc(F)cc4)CC3)CC2=O)cc1. The van der Waals surface area contributed by atoms with Gasteiger partial charge in [-0.05, 0) is 43.0 Å². The molecule has 2 aromatic carbocycles. The van der Waals surface area contributed by atoms with Crippen LogP contribution in [0.25, 0.3) is 0 Å². The number of halogens is 1. The highest BCUT2D eigenvalue weighted by atomic mass is 19.1. The molecule has 2 heterocycles. The maximum atomic E-state index is 13.1. The number of benzene rings is 2. The van der Waals surface area contributed by atoms with Crippen LogP contribution >= 0.6 is 0 Å². The Morgan fingerprint density at radius 2 is 1.61 bits per heavy atom. The number of piperidine rings is 1. The quantitative estimate of drug-likeness (QED) is 0.776. The van der Waals surface area contributed by atoms with E-state index in [1.54, 1.807) is 4.90 Å². The number of carbonyl (C=O) groups is 2. The second-order valence-electron chi connectivity index (χ2n) is 8.85. The zero-order valence-corrected chi connectivity index (χ0v) is 18.0. The summed E-state index contributed by atoms with van der Waals surface area (Å²) in [5.41, 5.74) is 3.38. The molecule has 2 fully saturated rings. The van der Waals surface area contributed by atoms with Crippen molar-refractivity contribution in [2.75, 3.05) is 19.6 Å². The van der Waals surface area contributed by atoms with Gasteiger partial charge in [0.25, 0.3) is 0 Å². The first-order valence-corrected chi connectivity index (χ1v) is 11.1. The highest BCUT2D eigenvalue weighted by molar-refractivity contribution is 5.89. The summed E-state index contributed by atoms with van der Waals surface area (Å²) < 4.78 is 13.1. The molecule has 0 bridgehead atoms. The van der Waals surface area contributed by atoms with E-state index in [0.29, 0.717) is 19.5 Å². The predicted octanol–water partition coefficient (Wildman–Crippen LogP) is 3.26. The second-order valence-corrected chi connectivity index (χ2v) is 8.85. The van der Waals surface area contributed by atoms with Crippen molar-refractivity contribution >= 4 is 11.8 Å². The molecule has 31 heavy (non-hydrogen) atoms. The lowest BCUT2D eigenvalue weighted by Crippen LogP contribution is -2.46. The molecular formula is C25H30FN3O2. The van der Waals surface area contributed by atoms with Gasteiger partial charge >= 0.3 is 0 Å². The summed E-state index contributed by atoms with van der Waals surface area (Å²) in [5, 5.41) is 3.17. The molecule has 1 atom stereocenters. The van der Waals surface area contributed by atoms with Crippen molar-refractivity contribution < 1.29 is 14.0 Å². The van der Waals surface area contributed by atoms with Gasteiger partial charge in [0, 0.05) is 45.2 Å². The fourth-order valence-electron chi connectivity index (χ4n) is 4.42. The van der Waals surface area contributed by atoms with Gasteiger partial charge in [-0.25, -0.2) is 4.39 Å². The lowest BCUT2D eigenvalue weighted by molar-refractivity contribution is -0.129. The van der Waals surface area contributed by atoms with Crippen molar-refractivity contribution in [2.45, 2.75) is 45.3 Å². The summed E-state index contributed by atoms with van der Waals surface area (Å²) in [7, 11) is 0. The number of likely N-dealkylation sites (tertiary alicyclic amines) is 2. The Labute approximate surface area is 183 Å². The lowest BCUT2D eigenvalue weighted by atomic mass is 10.0. The number of hydrogen-bond donors (Lipinski definition) is 1. The molecule has 0 radical (unpaired) electrons. The van der Waals surface area contributed by atoms with E-state index in [1.165, 1.54) is 17.7 Å². The number of hydrogen-bond acceptors (Lipinski definition) is 3. The van der Waals surface area contributed by atoms with Crippen LogP contribution in [-0.4, -0.2) is 47.3 Å². The van der Waals surface area contributed by atoms with E-state index in [-0.39, 0.29) is 29.6 Å². The molecule has 6 heteroatoms. The summed E-state index contributed by atoms with van der Waals surface area (Å²) >= 11 is 0. The van der Waals surface area contributed by atoms with Crippen molar-refractivity contribution in [3.05, 3.63) is 71.0 Å². The van der Waals surface area contributed by atoms with Crippen molar-refractivity contribution in [3.8, 4) is 0 Å². The fraction of sp³-hybridized carbons (Fsp3) is 0.440. The number of nitrogens with zero attached hydrogens (tertiary/aromatic N) is 2. The molecule has 5 nitrogen and oxygen atoms in total. The van der Waals surface area contributed by atoms with Crippen LogP contribution in [0.3, 0.4) is 0 Å². The highest BCUT2D eigenvalue weighted by Gasteiger charge is 2.35. The predicted molar refractivity (Wildman–Crippen MR) is 118 cm³/mol. The summed E-state index contributed by atoms with van der Waals surface area (Å²) in [6.07, 6.45) is 2.07. The van der Waals surface area contributed by atoms with Gasteiger partial charge in [-0.2, -0.15) is 0 Å². The topological polar surface area (TPSA) is 52.7 Å². The Hall–Kier alpha value is -2.73. The number of rotatable bonds is 6. The Bertz CT molecular complexity index is 905. The molecule has 0 spiro atoms. The van der Waals surface area contributed by atoms with Crippen LogP contribution in [0.15, 0.2) is 48.5 Å². The van der Waals surface area contributed by atoms with Crippen molar-refractivity contribution in [3.63, 3.8) is 0 Å². The average Bonchev–Trinajstić information content (AvgIpc) is 3.13. The van der Waals surface area contributed by atoms with Gasteiger partial charge in [0.15, 0.2) is 0 Å². The van der Waals surface area contributed by atoms with Crippen LogP contribution in [0, 0.1) is 18.7 Å². The molecule has 0 saturated carbocycles. The van der Waals surface area contributed by atoms with E-state index >= 15 is 0 Å². The smallest absolute Gasteiger partial charge is 0.225 e. The van der Waals surface area contributed by atoms with E-state index in [4.69, 9.17) is 0 Å². The van der Waals surface area contributed by atoms with Gasteiger partial charge < -0.3 is 10.2 Å². The molecule has 1 unspecified atom stereocenters. The third-order valence-corrected chi connectivity index (χ3v) is 6.33. The van der Waals surface area contributed by atoms with Crippen molar-refractivity contribution in [1.29, 1.82) is 0 Å². The largest absolute Gasteiger partial charge is 0.353 e. The van der Waals surface area contributed by atoms with Crippen LogP contribution < -0.4 is 5.32 Å². The first-order valence-electron chi connectivity index (χ1n) is 11.1. The molecule has 2 aliphatic rings. The van der Waals surface area contributed by atoms with Gasteiger partial charge in [0.05, 0.1) is 5.92 Å². The Balaban J connectivity index is 1.22. The molecule has 0 aliphatic carbocycles. The van der Waals surface area contributed by atoms with Gasteiger partial charge in [-0.3, -0.25) is 14.5 Å². The third-order valence-electron chi connectivity index (χ3n) is 6.33. The minimum absolute atomic E-state index is 0.00302. The minimum Gasteiger partial charge on any atom is -0.353 e. The Kier molecular flexibility index (Phi) is 6.66. The first kappa shape index (κ1) is 21.5. The fourth-order valence-corrected chi connectivity index (χ4v) is 4.42. The molecule has 2 saturated heterocycles. The highest BCUT2D eigenvalue weighted by Crippen LogP contribution is 2.22. The van der Waals surface area contributed by atoms with Crippen LogP contribution in [0.5, 0.6) is 0 Å². The minimum atomic E-state index is -0.268. The van der Waals surface area contributed by atoms with Gasteiger partial charge in [-0.15, -0.1) is 0 Å². The van der Waals surface area contributed by atoms with Gasteiger partial charge in [0.1, 0.15) is 5.82 Å². The van der Waals surface area contributed by atoms with Gasteiger partial charge in [0.2, 0.25) is 11.8 Å².